The fraction of sp³-hybridized carbons (Fsp3) is 1.00. The molecule has 1 saturated heterocycles. The molecule has 1 saturated carbocycles. The van der Waals surface area contributed by atoms with Crippen LogP contribution < -0.4 is 5.32 Å². The molecule has 0 spiro atoms. The van der Waals surface area contributed by atoms with Crippen molar-refractivity contribution in [2.45, 2.75) is 38.6 Å². The average Bonchev–Trinajstić information content (AvgIpc) is 2.34. The summed E-state index contributed by atoms with van der Waals surface area (Å²) < 4.78 is 0. The van der Waals surface area contributed by atoms with Crippen molar-refractivity contribution in [1.29, 1.82) is 0 Å². The molecule has 10 heavy (non-hydrogen) atoms. The Hall–Kier alpha value is -0.0400. The fourth-order valence-electron chi connectivity index (χ4n) is 2.58. The SMILES string of the molecule is C[C@H]1CN[C@@H]2CCCC[C@H]12. The van der Waals surface area contributed by atoms with Crippen LogP contribution in [0.4, 0.5) is 0 Å². The van der Waals surface area contributed by atoms with Crippen molar-refractivity contribution in [3.8, 4) is 0 Å². The second-order valence-electron chi connectivity index (χ2n) is 3.94. The Morgan fingerprint density at radius 3 is 2.80 bits per heavy atom. The zero-order valence-corrected chi connectivity index (χ0v) is 6.77. The van der Waals surface area contributed by atoms with E-state index in [0.717, 1.165) is 17.9 Å². The van der Waals surface area contributed by atoms with Crippen LogP contribution in [0, 0.1) is 11.8 Å². The van der Waals surface area contributed by atoms with Crippen LogP contribution in [0.15, 0.2) is 0 Å². The Balaban J connectivity index is 2.01. The minimum atomic E-state index is 0.892. The van der Waals surface area contributed by atoms with E-state index in [1.54, 1.807) is 0 Å². The summed E-state index contributed by atoms with van der Waals surface area (Å²) >= 11 is 0. The summed E-state index contributed by atoms with van der Waals surface area (Å²) in [6.07, 6.45) is 5.86. The maximum absolute atomic E-state index is 3.61. The first-order valence-corrected chi connectivity index (χ1v) is 4.61. The smallest absolute Gasteiger partial charge is 0.00984 e. The van der Waals surface area contributed by atoms with E-state index < -0.39 is 0 Å². The highest BCUT2D eigenvalue weighted by Gasteiger charge is 2.34. The quantitative estimate of drug-likeness (QED) is 0.539. The van der Waals surface area contributed by atoms with Crippen LogP contribution in [0.5, 0.6) is 0 Å². The molecule has 1 aliphatic heterocycles. The van der Waals surface area contributed by atoms with Gasteiger partial charge >= 0.3 is 0 Å². The van der Waals surface area contributed by atoms with Crippen molar-refractivity contribution in [2.75, 3.05) is 6.54 Å². The first-order valence-electron chi connectivity index (χ1n) is 4.61. The largest absolute Gasteiger partial charge is 0.313 e. The zero-order valence-electron chi connectivity index (χ0n) is 6.77. The van der Waals surface area contributed by atoms with Gasteiger partial charge in [0.2, 0.25) is 0 Å². The minimum Gasteiger partial charge on any atom is -0.313 e. The van der Waals surface area contributed by atoms with Gasteiger partial charge < -0.3 is 5.32 Å². The maximum Gasteiger partial charge on any atom is 0.00984 e. The topological polar surface area (TPSA) is 12.0 Å². The predicted octanol–water partition coefficient (Wildman–Crippen LogP) is 1.78. The van der Waals surface area contributed by atoms with Gasteiger partial charge in [0.15, 0.2) is 0 Å². The molecule has 0 radical (unpaired) electrons. The Morgan fingerprint density at radius 1 is 1.20 bits per heavy atom. The minimum absolute atomic E-state index is 0.892. The standard InChI is InChI=1S/C9H17N/c1-7-6-10-9-5-3-2-4-8(7)9/h7-10H,2-6H2,1H3/t7-,8+,9+/m0/s1. The molecule has 1 aliphatic carbocycles. The van der Waals surface area contributed by atoms with Crippen molar-refractivity contribution >= 4 is 0 Å². The van der Waals surface area contributed by atoms with Crippen LogP contribution in [0.25, 0.3) is 0 Å². The molecule has 0 aromatic rings. The first kappa shape index (κ1) is 6.66. The van der Waals surface area contributed by atoms with Gasteiger partial charge in [-0.1, -0.05) is 19.8 Å². The molecule has 1 N–H and O–H groups in total. The number of fused-ring (bicyclic) bond motifs is 1. The van der Waals surface area contributed by atoms with Crippen LogP contribution in [0.3, 0.4) is 0 Å². The van der Waals surface area contributed by atoms with E-state index in [1.807, 2.05) is 0 Å². The van der Waals surface area contributed by atoms with Crippen LogP contribution in [0.2, 0.25) is 0 Å². The van der Waals surface area contributed by atoms with Crippen molar-refractivity contribution in [2.24, 2.45) is 11.8 Å². The lowest BCUT2D eigenvalue weighted by molar-refractivity contribution is 0.285. The monoisotopic (exact) mass is 139 g/mol. The second-order valence-corrected chi connectivity index (χ2v) is 3.94. The van der Waals surface area contributed by atoms with Gasteiger partial charge in [-0.3, -0.25) is 0 Å². The zero-order chi connectivity index (χ0) is 6.97. The molecule has 2 aliphatic rings. The maximum atomic E-state index is 3.61. The van der Waals surface area contributed by atoms with Crippen molar-refractivity contribution in [1.82, 2.24) is 5.32 Å². The number of rotatable bonds is 0. The molecule has 2 fully saturated rings. The molecule has 1 nitrogen and oxygen atoms in total. The molecule has 58 valence electrons. The van der Waals surface area contributed by atoms with Gasteiger partial charge in [0.1, 0.15) is 0 Å². The van der Waals surface area contributed by atoms with Crippen molar-refractivity contribution < 1.29 is 0 Å². The van der Waals surface area contributed by atoms with Crippen LogP contribution in [-0.4, -0.2) is 12.6 Å². The van der Waals surface area contributed by atoms with Gasteiger partial charge in [-0.25, -0.2) is 0 Å². The van der Waals surface area contributed by atoms with Gasteiger partial charge in [-0.2, -0.15) is 0 Å². The third-order valence-electron chi connectivity index (χ3n) is 3.25. The molecule has 0 aromatic heterocycles. The highest BCUT2D eigenvalue weighted by Crippen LogP contribution is 2.33. The third kappa shape index (κ3) is 0.968. The summed E-state index contributed by atoms with van der Waals surface area (Å²) in [4.78, 5) is 0. The lowest BCUT2D eigenvalue weighted by Gasteiger charge is -2.26. The van der Waals surface area contributed by atoms with E-state index in [1.165, 1.54) is 32.2 Å². The van der Waals surface area contributed by atoms with Gasteiger partial charge in [-0.15, -0.1) is 0 Å². The molecular weight excluding hydrogens is 122 g/mol. The van der Waals surface area contributed by atoms with Crippen molar-refractivity contribution in [3.63, 3.8) is 0 Å². The van der Waals surface area contributed by atoms with Crippen LogP contribution in [-0.2, 0) is 0 Å². The highest BCUT2D eigenvalue weighted by atomic mass is 15.0. The Bertz CT molecular complexity index is 120. The van der Waals surface area contributed by atoms with E-state index in [9.17, 15) is 0 Å². The number of nitrogens with one attached hydrogen (secondary N) is 1. The highest BCUT2D eigenvalue weighted by molar-refractivity contribution is 4.90. The number of hydrogen-bond acceptors (Lipinski definition) is 1. The molecular formula is C9H17N. The van der Waals surface area contributed by atoms with Gasteiger partial charge in [0.25, 0.3) is 0 Å². The van der Waals surface area contributed by atoms with E-state index in [2.05, 4.69) is 12.2 Å². The molecule has 2 rings (SSSR count). The third-order valence-corrected chi connectivity index (χ3v) is 3.25. The normalized spacial score (nSPS) is 47.1. The Kier molecular flexibility index (Phi) is 1.69. The Morgan fingerprint density at radius 2 is 2.00 bits per heavy atom. The summed E-state index contributed by atoms with van der Waals surface area (Å²) in [5.41, 5.74) is 0. The van der Waals surface area contributed by atoms with Gasteiger partial charge in [0.05, 0.1) is 0 Å². The molecule has 0 aromatic carbocycles. The summed E-state index contributed by atoms with van der Waals surface area (Å²) in [6, 6.07) is 0.892. The lowest BCUT2D eigenvalue weighted by Crippen LogP contribution is -2.29. The molecule has 1 heteroatoms. The molecule has 3 atom stereocenters. The van der Waals surface area contributed by atoms with Crippen LogP contribution in [0.1, 0.15) is 32.6 Å². The molecule has 0 bridgehead atoms. The predicted molar refractivity (Wildman–Crippen MR) is 42.9 cm³/mol. The molecule has 0 amide bonds. The average molecular weight is 139 g/mol. The lowest BCUT2D eigenvalue weighted by atomic mass is 9.81. The van der Waals surface area contributed by atoms with E-state index >= 15 is 0 Å². The number of hydrogen-bond donors (Lipinski definition) is 1. The summed E-state index contributed by atoms with van der Waals surface area (Å²) in [7, 11) is 0. The van der Waals surface area contributed by atoms with Gasteiger partial charge in [0, 0.05) is 6.04 Å². The van der Waals surface area contributed by atoms with E-state index in [0.29, 0.717) is 0 Å². The summed E-state index contributed by atoms with van der Waals surface area (Å²) in [5, 5.41) is 3.61. The fourth-order valence-corrected chi connectivity index (χ4v) is 2.58. The first-order chi connectivity index (χ1) is 4.88. The van der Waals surface area contributed by atoms with E-state index in [4.69, 9.17) is 0 Å². The van der Waals surface area contributed by atoms with Gasteiger partial charge in [-0.05, 0) is 31.2 Å². The van der Waals surface area contributed by atoms with Crippen LogP contribution >= 0.6 is 0 Å². The Labute approximate surface area is 63.2 Å². The summed E-state index contributed by atoms with van der Waals surface area (Å²) in [6.45, 7) is 3.66. The molecule has 0 unspecified atom stereocenters. The van der Waals surface area contributed by atoms with E-state index in [-0.39, 0.29) is 0 Å². The van der Waals surface area contributed by atoms with Crippen molar-refractivity contribution in [3.05, 3.63) is 0 Å². The second kappa shape index (κ2) is 2.54. The summed E-state index contributed by atoms with van der Waals surface area (Å²) in [5.74, 6) is 1.97. The molecule has 1 heterocycles.